The van der Waals surface area contributed by atoms with E-state index in [1.54, 1.807) is 4.90 Å². The lowest BCUT2D eigenvalue weighted by Crippen LogP contribution is -2.44. The predicted octanol–water partition coefficient (Wildman–Crippen LogP) is 3.34. The van der Waals surface area contributed by atoms with Gasteiger partial charge in [0.05, 0.1) is 12.6 Å². The molecule has 2 aromatic rings. The van der Waals surface area contributed by atoms with Gasteiger partial charge >= 0.3 is 0 Å². The highest BCUT2D eigenvalue weighted by atomic mass is 16.5. The average molecular weight is 463 g/mol. The maximum absolute atomic E-state index is 13.4. The quantitative estimate of drug-likeness (QED) is 0.713. The Kier molecular flexibility index (Phi) is 6.11. The highest BCUT2D eigenvalue weighted by molar-refractivity contribution is 6.00. The molecule has 0 radical (unpaired) electrons. The molecule has 1 saturated carbocycles. The monoisotopic (exact) mass is 462 g/mol. The maximum atomic E-state index is 13.4. The molecule has 2 aliphatic carbocycles. The lowest BCUT2D eigenvalue weighted by Gasteiger charge is -2.33. The Morgan fingerprint density at radius 1 is 1.24 bits per heavy atom. The van der Waals surface area contributed by atoms with Crippen LogP contribution in [0.3, 0.4) is 0 Å². The van der Waals surface area contributed by atoms with E-state index in [1.165, 1.54) is 28.6 Å². The van der Waals surface area contributed by atoms with Crippen LogP contribution in [0.2, 0.25) is 0 Å². The Morgan fingerprint density at radius 2 is 2.00 bits per heavy atom. The Morgan fingerprint density at radius 3 is 2.68 bits per heavy atom. The number of nitriles is 1. The Balaban J connectivity index is 1.37. The van der Waals surface area contributed by atoms with Crippen LogP contribution in [0.1, 0.15) is 60.6 Å². The van der Waals surface area contributed by atoms with Crippen molar-refractivity contribution >= 4 is 22.7 Å². The fourth-order valence-corrected chi connectivity index (χ4v) is 5.91. The molecular weight excluding hydrogens is 428 g/mol. The topological polar surface area (TPSA) is 87.4 Å². The molecule has 1 aromatic carbocycles. The number of aryl methyl sites for hydroxylation is 1. The minimum absolute atomic E-state index is 0.0322. The summed E-state index contributed by atoms with van der Waals surface area (Å²) in [6.07, 6.45) is 7.01. The van der Waals surface area contributed by atoms with Gasteiger partial charge in [-0.05, 0) is 87.5 Å². The zero-order valence-electron chi connectivity index (χ0n) is 20.2. The maximum Gasteiger partial charge on any atom is 0.254 e. The van der Waals surface area contributed by atoms with Crippen LogP contribution < -0.4 is 5.32 Å². The Labute approximate surface area is 201 Å². The lowest BCUT2D eigenvalue weighted by molar-refractivity contribution is -0.122. The van der Waals surface area contributed by atoms with Crippen LogP contribution in [-0.2, 0) is 29.4 Å². The number of fused-ring (bicyclic) bond motifs is 3. The molecule has 7 nitrogen and oxygen atoms in total. The van der Waals surface area contributed by atoms with Crippen LogP contribution in [0.4, 0.5) is 0 Å². The zero-order valence-corrected chi connectivity index (χ0v) is 20.2. The van der Waals surface area contributed by atoms with Gasteiger partial charge in [-0.2, -0.15) is 5.26 Å². The van der Waals surface area contributed by atoms with Crippen LogP contribution in [-0.4, -0.2) is 53.1 Å². The number of aromatic nitrogens is 1. The van der Waals surface area contributed by atoms with Crippen molar-refractivity contribution in [3.05, 3.63) is 35.0 Å². The zero-order chi connectivity index (χ0) is 23.9. The summed E-state index contributed by atoms with van der Waals surface area (Å²) in [4.78, 5) is 27.4. The van der Waals surface area contributed by atoms with Crippen molar-refractivity contribution in [1.82, 2.24) is 14.8 Å². The van der Waals surface area contributed by atoms with Gasteiger partial charge in [-0.3, -0.25) is 9.59 Å². The third kappa shape index (κ3) is 4.20. The van der Waals surface area contributed by atoms with E-state index >= 15 is 0 Å². The lowest BCUT2D eigenvalue weighted by atomic mass is 9.75. The molecule has 0 bridgehead atoms. The highest BCUT2D eigenvalue weighted by Crippen LogP contribution is 2.39. The number of amides is 2. The van der Waals surface area contributed by atoms with E-state index in [1.807, 2.05) is 25.1 Å². The smallest absolute Gasteiger partial charge is 0.254 e. The van der Waals surface area contributed by atoms with E-state index in [-0.39, 0.29) is 18.4 Å². The summed E-state index contributed by atoms with van der Waals surface area (Å²) in [5.41, 5.74) is 3.84. The van der Waals surface area contributed by atoms with Crippen molar-refractivity contribution in [3.8, 4) is 6.07 Å². The van der Waals surface area contributed by atoms with Gasteiger partial charge < -0.3 is 19.5 Å². The van der Waals surface area contributed by atoms with Crippen molar-refractivity contribution in [2.45, 2.75) is 57.4 Å². The van der Waals surface area contributed by atoms with E-state index in [0.29, 0.717) is 30.9 Å². The van der Waals surface area contributed by atoms with Crippen molar-refractivity contribution in [2.75, 3.05) is 26.3 Å². The van der Waals surface area contributed by atoms with Gasteiger partial charge in [0.15, 0.2) is 0 Å². The second kappa shape index (κ2) is 9.07. The fourth-order valence-electron chi connectivity index (χ4n) is 5.91. The van der Waals surface area contributed by atoms with Gasteiger partial charge in [0.1, 0.15) is 5.54 Å². The van der Waals surface area contributed by atoms with Crippen molar-refractivity contribution in [2.24, 2.45) is 18.9 Å². The Bertz CT molecular complexity index is 1150. The molecule has 1 aliphatic heterocycles. The first-order valence-electron chi connectivity index (χ1n) is 12.6. The normalized spacial score (nSPS) is 21.5. The summed E-state index contributed by atoms with van der Waals surface area (Å²) >= 11 is 0. The van der Waals surface area contributed by atoms with E-state index < -0.39 is 5.54 Å². The summed E-state index contributed by atoms with van der Waals surface area (Å²) in [5, 5.41) is 13.2. The largest absolute Gasteiger partial charge is 0.381 e. The minimum Gasteiger partial charge on any atom is -0.381 e. The number of rotatable bonds is 6. The number of nitrogens with one attached hydrogen (secondary N) is 1. The van der Waals surface area contributed by atoms with Gasteiger partial charge in [-0.25, -0.2) is 0 Å². The molecule has 2 fully saturated rings. The molecular formula is C27H34N4O3. The Hall–Kier alpha value is -2.85. The molecule has 5 rings (SSSR count). The van der Waals surface area contributed by atoms with Crippen LogP contribution in [0.25, 0.3) is 10.9 Å². The molecule has 3 aliphatic rings. The first-order chi connectivity index (χ1) is 16.4. The molecule has 2 heterocycles. The number of ether oxygens (including phenoxy) is 1. The summed E-state index contributed by atoms with van der Waals surface area (Å²) in [6, 6.07) is 8.13. The average Bonchev–Trinajstić information content (AvgIpc) is 3.60. The fraction of sp³-hybridized carbons (Fsp3) is 0.593. The number of carbonyl (C=O) groups excluding carboxylic acids is 2. The SMILES string of the molecule is CCN(CC(=O)NC1(C#N)CC1)C(=O)c1ccc2c(c1)c1c(n2C)CCC(C2CCOCC2)C1. The molecule has 1 N–H and O–H groups in total. The van der Waals surface area contributed by atoms with Gasteiger partial charge in [-0.15, -0.1) is 0 Å². The van der Waals surface area contributed by atoms with Gasteiger partial charge in [-0.1, -0.05) is 0 Å². The second-order valence-corrected chi connectivity index (χ2v) is 10.2. The standard InChI is InChI=1S/C27H34N4O3/c1-3-31(16-25(32)29-27(17-28)10-11-27)26(33)20-5-7-24-22(15-20)21-14-19(4-6-23(21)30(24)2)18-8-12-34-13-9-18/h5,7,15,18-19H,3-4,6,8-14,16H2,1-2H3,(H,29,32). The third-order valence-electron chi connectivity index (χ3n) is 8.18. The predicted molar refractivity (Wildman–Crippen MR) is 129 cm³/mol. The van der Waals surface area contributed by atoms with Gasteiger partial charge in [0.25, 0.3) is 5.91 Å². The number of nitrogens with zero attached hydrogens (tertiary/aromatic N) is 3. The minimum atomic E-state index is -0.720. The molecule has 7 heteroatoms. The van der Waals surface area contributed by atoms with Crippen LogP contribution in [0.15, 0.2) is 18.2 Å². The van der Waals surface area contributed by atoms with Crippen LogP contribution in [0, 0.1) is 23.2 Å². The summed E-state index contributed by atoms with van der Waals surface area (Å²) < 4.78 is 7.88. The molecule has 1 saturated heterocycles. The first kappa shape index (κ1) is 22.9. The van der Waals surface area contributed by atoms with E-state index in [0.717, 1.165) is 44.8 Å². The number of hydrogen-bond donors (Lipinski definition) is 1. The molecule has 1 atom stereocenters. The van der Waals surface area contributed by atoms with Gasteiger partial charge in [0.2, 0.25) is 5.91 Å². The molecule has 0 spiro atoms. The number of benzene rings is 1. The third-order valence-corrected chi connectivity index (χ3v) is 8.18. The van der Waals surface area contributed by atoms with E-state index in [9.17, 15) is 14.9 Å². The van der Waals surface area contributed by atoms with Crippen molar-refractivity contribution in [3.63, 3.8) is 0 Å². The summed E-state index contributed by atoms with van der Waals surface area (Å²) in [6.45, 7) is 4.03. The number of hydrogen-bond acceptors (Lipinski definition) is 4. The van der Waals surface area contributed by atoms with Crippen LogP contribution in [0.5, 0.6) is 0 Å². The number of likely N-dealkylation sites (N-methyl/N-ethyl adjacent to an activating group) is 1. The second-order valence-electron chi connectivity index (χ2n) is 10.2. The van der Waals surface area contributed by atoms with E-state index in [2.05, 4.69) is 23.0 Å². The summed E-state index contributed by atoms with van der Waals surface area (Å²) in [5.74, 6) is 0.980. The molecule has 2 amide bonds. The molecule has 180 valence electrons. The molecule has 34 heavy (non-hydrogen) atoms. The number of carbonyl (C=O) groups is 2. The van der Waals surface area contributed by atoms with E-state index in [4.69, 9.17) is 4.74 Å². The summed E-state index contributed by atoms with van der Waals surface area (Å²) in [7, 11) is 2.13. The highest BCUT2D eigenvalue weighted by Gasteiger charge is 2.44. The van der Waals surface area contributed by atoms with Gasteiger partial charge in [0, 0.05) is 49.0 Å². The van der Waals surface area contributed by atoms with Crippen molar-refractivity contribution < 1.29 is 14.3 Å². The first-order valence-corrected chi connectivity index (χ1v) is 12.6. The van der Waals surface area contributed by atoms with Crippen molar-refractivity contribution in [1.29, 1.82) is 5.26 Å². The van der Waals surface area contributed by atoms with Crippen LogP contribution >= 0.6 is 0 Å². The molecule has 1 aromatic heterocycles. The molecule has 1 unspecified atom stereocenters.